The Morgan fingerprint density at radius 2 is 2.14 bits per heavy atom. The summed E-state index contributed by atoms with van der Waals surface area (Å²) in [4.78, 5) is 0. The van der Waals surface area contributed by atoms with Crippen LogP contribution >= 0.6 is 0 Å². The fraction of sp³-hybridized carbons (Fsp3) is 0.286. The standard InChI is InChI=1S/C14H18/c1-5-6-7-14-10-13(11(2)3)9-8-12(14)4/h5-7,10H,2,4,8-9H2,1,3H3/b6-5-,14-7-. The molecule has 1 rings (SSSR count). The Morgan fingerprint density at radius 1 is 1.43 bits per heavy atom. The van der Waals surface area contributed by atoms with Crippen LogP contribution in [0, 0.1) is 0 Å². The molecule has 0 saturated carbocycles. The molecule has 0 N–H and O–H groups in total. The first-order valence-corrected chi connectivity index (χ1v) is 5.02. The highest BCUT2D eigenvalue weighted by molar-refractivity contribution is 5.49. The minimum absolute atomic E-state index is 1.06. The monoisotopic (exact) mass is 186 g/mol. The Morgan fingerprint density at radius 3 is 2.71 bits per heavy atom. The van der Waals surface area contributed by atoms with Crippen LogP contribution in [0.1, 0.15) is 26.7 Å². The third-order valence-corrected chi connectivity index (χ3v) is 2.45. The molecule has 0 heterocycles. The van der Waals surface area contributed by atoms with Gasteiger partial charge in [0, 0.05) is 0 Å². The van der Waals surface area contributed by atoms with E-state index in [2.05, 4.69) is 38.3 Å². The maximum Gasteiger partial charge on any atom is -0.0228 e. The zero-order valence-corrected chi connectivity index (χ0v) is 9.14. The first kappa shape index (κ1) is 10.8. The third kappa shape index (κ3) is 2.59. The molecule has 0 aromatic rings. The summed E-state index contributed by atoms with van der Waals surface area (Å²) in [5, 5.41) is 0. The molecule has 1 aliphatic carbocycles. The molecule has 0 radical (unpaired) electrons. The highest BCUT2D eigenvalue weighted by Crippen LogP contribution is 2.29. The Hall–Kier alpha value is -1.30. The number of hydrogen-bond acceptors (Lipinski definition) is 0. The van der Waals surface area contributed by atoms with E-state index < -0.39 is 0 Å². The Labute approximate surface area is 87.0 Å². The van der Waals surface area contributed by atoms with Gasteiger partial charge in [0.15, 0.2) is 0 Å². The van der Waals surface area contributed by atoms with Crippen molar-refractivity contribution in [3.05, 3.63) is 59.8 Å². The predicted molar refractivity (Wildman–Crippen MR) is 64.2 cm³/mol. The summed E-state index contributed by atoms with van der Waals surface area (Å²) in [6.45, 7) is 12.1. The van der Waals surface area contributed by atoms with Gasteiger partial charge in [0.05, 0.1) is 0 Å². The van der Waals surface area contributed by atoms with Gasteiger partial charge >= 0.3 is 0 Å². The molecule has 74 valence electrons. The van der Waals surface area contributed by atoms with Crippen LogP contribution in [0.3, 0.4) is 0 Å². The van der Waals surface area contributed by atoms with Crippen LogP contribution in [0.4, 0.5) is 0 Å². The lowest BCUT2D eigenvalue weighted by Gasteiger charge is -2.17. The van der Waals surface area contributed by atoms with E-state index in [0.29, 0.717) is 0 Å². The lowest BCUT2D eigenvalue weighted by atomic mass is 9.88. The molecule has 0 spiro atoms. The van der Waals surface area contributed by atoms with E-state index in [1.54, 1.807) is 0 Å². The molecule has 0 unspecified atom stereocenters. The molecule has 0 bridgehead atoms. The van der Waals surface area contributed by atoms with Crippen molar-refractivity contribution in [2.45, 2.75) is 26.7 Å². The largest absolute Gasteiger partial charge is 0.0958 e. The first-order valence-electron chi connectivity index (χ1n) is 5.02. The van der Waals surface area contributed by atoms with Crippen LogP contribution in [-0.4, -0.2) is 0 Å². The van der Waals surface area contributed by atoms with E-state index in [1.807, 2.05) is 13.0 Å². The molecule has 0 heteroatoms. The van der Waals surface area contributed by atoms with Crippen molar-refractivity contribution < 1.29 is 0 Å². The van der Waals surface area contributed by atoms with Crippen molar-refractivity contribution in [3.8, 4) is 0 Å². The minimum Gasteiger partial charge on any atom is -0.0958 e. The molecule has 0 fully saturated rings. The number of allylic oxidation sites excluding steroid dienone is 8. The van der Waals surface area contributed by atoms with Crippen LogP contribution in [0.5, 0.6) is 0 Å². The topological polar surface area (TPSA) is 0 Å². The second-order valence-electron chi connectivity index (χ2n) is 3.70. The molecule has 14 heavy (non-hydrogen) atoms. The second-order valence-corrected chi connectivity index (χ2v) is 3.70. The van der Waals surface area contributed by atoms with Crippen molar-refractivity contribution in [2.24, 2.45) is 0 Å². The Balaban J connectivity index is 2.97. The lowest BCUT2D eigenvalue weighted by Crippen LogP contribution is -1.98. The summed E-state index contributed by atoms with van der Waals surface area (Å²) in [7, 11) is 0. The van der Waals surface area contributed by atoms with Crippen molar-refractivity contribution in [1.29, 1.82) is 0 Å². The van der Waals surface area contributed by atoms with Crippen molar-refractivity contribution in [2.75, 3.05) is 0 Å². The van der Waals surface area contributed by atoms with Gasteiger partial charge in [-0.1, -0.05) is 43.0 Å². The first-order chi connectivity index (χ1) is 6.65. The van der Waals surface area contributed by atoms with Gasteiger partial charge in [0.25, 0.3) is 0 Å². The molecule has 0 atom stereocenters. The van der Waals surface area contributed by atoms with Crippen molar-refractivity contribution in [3.63, 3.8) is 0 Å². The highest BCUT2D eigenvalue weighted by atomic mass is 14.1. The van der Waals surface area contributed by atoms with Gasteiger partial charge in [-0.25, -0.2) is 0 Å². The van der Waals surface area contributed by atoms with E-state index in [0.717, 1.165) is 12.8 Å². The van der Waals surface area contributed by atoms with Gasteiger partial charge < -0.3 is 0 Å². The molecular formula is C14H18. The van der Waals surface area contributed by atoms with E-state index in [4.69, 9.17) is 0 Å². The normalized spacial score (nSPS) is 20.3. The summed E-state index contributed by atoms with van der Waals surface area (Å²) in [5.74, 6) is 0. The van der Waals surface area contributed by atoms with E-state index in [1.165, 1.54) is 22.3 Å². The highest BCUT2D eigenvalue weighted by Gasteiger charge is 2.10. The molecule has 0 aromatic carbocycles. The molecule has 1 aliphatic rings. The molecule has 0 saturated heterocycles. The van der Waals surface area contributed by atoms with Crippen LogP contribution in [0.15, 0.2) is 59.8 Å². The van der Waals surface area contributed by atoms with Gasteiger partial charge in [-0.2, -0.15) is 0 Å². The SMILES string of the molecule is C=C(C)C1=C/C(=C/C=C\C)C(=C)CC1. The van der Waals surface area contributed by atoms with Crippen LogP contribution in [-0.2, 0) is 0 Å². The minimum atomic E-state index is 1.06. The molecule has 0 nitrogen and oxygen atoms in total. The van der Waals surface area contributed by atoms with Crippen molar-refractivity contribution >= 4 is 0 Å². The quantitative estimate of drug-likeness (QED) is 0.601. The smallest absolute Gasteiger partial charge is 0.0228 e. The average molecular weight is 186 g/mol. The third-order valence-electron chi connectivity index (χ3n) is 2.45. The average Bonchev–Trinajstić information content (AvgIpc) is 2.16. The maximum absolute atomic E-state index is 4.07. The Kier molecular flexibility index (Phi) is 3.70. The predicted octanol–water partition coefficient (Wildman–Crippen LogP) is 4.34. The summed E-state index contributed by atoms with van der Waals surface area (Å²) < 4.78 is 0. The van der Waals surface area contributed by atoms with E-state index >= 15 is 0 Å². The van der Waals surface area contributed by atoms with Gasteiger partial charge in [0.1, 0.15) is 0 Å². The van der Waals surface area contributed by atoms with Crippen LogP contribution < -0.4 is 0 Å². The number of hydrogen-bond donors (Lipinski definition) is 0. The van der Waals surface area contributed by atoms with Gasteiger partial charge in [-0.05, 0) is 43.4 Å². The van der Waals surface area contributed by atoms with Gasteiger partial charge in [-0.15, -0.1) is 0 Å². The summed E-state index contributed by atoms with van der Waals surface area (Å²) >= 11 is 0. The molecule has 0 aliphatic heterocycles. The van der Waals surface area contributed by atoms with E-state index in [9.17, 15) is 0 Å². The molecule has 0 aromatic heterocycles. The zero-order valence-electron chi connectivity index (χ0n) is 9.14. The van der Waals surface area contributed by atoms with Crippen LogP contribution in [0.25, 0.3) is 0 Å². The fourth-order valence-electron chi connectivity index (χ4n) is 1.49. The second kappa shape index (κ2) is 4.80. The summed E-state index contributed by atoms with van der Waals surface area (Å²) in [6, 6.07) is 0. The van der Waals surface area contributed by atoms with E-state index in [-0.39, 0.29) is 0 Å². The van der Waals surface area contributed by atoms with Gasteiger partial charge in [0.2, 0.25) is 0 Å². The lowest BCUT2D eigenvalue weighted by molar-refractivity contribution is 0.919. The molecule has 0 amide bonds. The maximum atomic E-state index is 4.07. The molecular weight excluding hydrogens is 168 g/mol. The fourth-order valence-corrected chi connectivity index (χ4v) is 1.49. The summed E-state index contributed by atoms with van der Waals surface area (Å²) in [5.41, 5.74) is 5.00. The van der Waals surface area contributed by atoms with Crippen LogP contribution in [0.2, 0.25) is 0 Å². The number of rotatable bonds is 2. The zero-order chi connectivity index (χ0) is 10.6. The van der Waals surface area contributed by atoms with Gasteiger partial charge in [-0.3, -0.25) is 0 Å². The summed E-state index contributed by atoms with van der Waals surface area (Å²) in [6.07, 6.45) is 10.5. The Bertz CT molecular complexity index is 335. The van der Waals surface area contributed by atoms with Crippen molar-refractivity contribution in [1.82, 2.24) is 0 Å².